The van der Waals surface area contributed by atoms with Crippen LogP contribution >= 0.6 is 11.3 Å². The Bertz CT molecular complexity index is 495. The van der Waals surface area contributed by atoms with Crippen molar-refractivity contribution in [2.24, 2.45) is 0 Å². The summed E-state index contributed by atoms with van der Waals surface area (Å²) in [4.78, 5) is 5.57. The standard InChI is InChI=1S/C14H21N3OS/c1-3-6-16-14(2,11-18)10-17-8-7-15-13(17)12-5-4-9-19-12/h4-5,7-9,16,18H,3,6,10-11H2,1-2H3. The monoisotopic (exact) mass is 279 g/mol. The van der Waals surface area contributed by atoms with Crippen LogP contribution in [-0.2, 0) is 6.54 Å². The molecule has 0 aromatic carbocycles. The fourth-order valence-electron chi connectivity index (χ4n) is 2.03. The molecule has 2 aromatic heterocycles. The van der Waals surface area contributed by atoms with Crippen LogP contribution in [0.5, 0.6) is 0 Å². The summed E-state index contributed by atoms with van der Waals surface area (Å²) in [7, 11) is 0. The van der Waals surface area contributed by atoms with Crippen LogP contribution in [0.2, 0.25) is 0 Å². The number of nitrogens with zero attached hydrogens (tertiary/aromatic N) is 2. The van der Waals surface area contributed by atoms with Gasteiger partial charge in [0.15, 0.2) is 0 Å². The highest BCUT2D eigenvalue weighted by atomic mass is 32.1. The maximum atomic E-state index is 9.64. The molecular weight excluding hydrogens is 258 g/mol. The third-order valence-electron chi connectivity index (χ3n) is 3.13. The summed E-state index contributed by atoms with van der Waals surface area (Å²) in [5, 5.41) is 15.1. The van der Waals surface area contributed by atoms with Crippen molar-refractivity contribution in [2.45, 2.75) is 32.4 Å². The second-order valence-electron chi connectivity index (χ2n) is 5.00. The Morgan fingerprint density at radius 2 is 2.37 bits per heavy atom. The molecule has 0 aliphatic carbocycles. The molecule has 0 spiro atoms. The third-order valence-corrected chi connectivity index (χ3v) is 3.99. The van der Waals surface area contributed by atoms with Gasteiger partial charge in [0.2, 0.25) is 0 Å². The minimum absolute atomic E-state index is 0.106. The fraction of sp³-hybridized carbons (Fsp3) is 0.500. The van der Waals surface area contributed by atoms with E-state index in [9.17, 15) is 5.11 Å². The van der Waals surface area contributed by atoms with Crippen molar-refractivity contribution >= 4 is 11.3 Å². The highest BCUT2D eigenvalue weighted by molar-refractivity contribution is 7.13. The second kappa shape index (κ2) is 6.32. The molecule has 0 aliphatic heterocycles. The zero-order chi connectivity index (χ0) is 13.7. The van der Waals surface area contributed by atoms with Crippen LogP contribution in [0.4, 0.5) is 0 Å². The van der Waals surface area contributed by atoms with Gasteiger partial charge in [-0.25, -0.2) is 4.98 Å². The van der Waals surface area contributed by atoms with E-state index >= 15 is 0 Å². The number of imidazole rings is 1. The molecule has 5 heteroatoms. The van der Waals surface area contributed by atoms with Gasteiger partial charge in [-0.15, -0.1) is 11.3 Å². The molecular formula is C14H21N3OS. The van der Waals surface area contributed by atoms with Crippen molar-refractivity contribution in [3.63, 3.8) is 0 Å². The molecule has 0 saturated carbocycles. The summed E-state index contributed by atoms with van der Waals surface area (Å²) >= 11 is 1.68. The van der Waals surface area contributed by atoms with E-state index in [2.05, 4.69) is 33.2 Å². The Hall–Kier alpha value is -1.17. The topological polar surface area (TPSA) is 50.1 Å². The number of thiophene rings is 1. The molecule has 2 N–H and O–H groups in total. The summed E-state index contributed by atoms with van der Waals surface area (Å²) in [5.74, 6) is 0.966. The van der Waals surface area contributed by atoms with Gasteiger partial charge in [0.05, 0.1) is 17.0 Å². The summed E-state index contributed by atoms with van der Waals surface area (Å²) in [6, 6.07) is 4.10. The van der Waals surface area contributed by atoms with Gasteiger partial charge in [0, 0.05) is 18.9 Å². The zero-order valence-corrected chi connectivity index (χ0v) is 12.3. The average Bonchev–Trinajstić information content (AvgIpc) is 3.06. The van der Waals surface area contributed by atoms with E-state index in [-0.39, 0.29) is 12.1 Å². The van der Waals surface area contributed by atoms with Crippen LogP contribution in [-0.4, -0.2) is 33.3 Å². The van der Waals surface area contributed by atoms with Crippen molar-refractivity contribution in [3.05, 3.63) is 29.9 Å². The maximum Gasteiger partial charge on any atom is 0.150 e. The first kappa shape index (κ1) is 14.2. The lowest BCUT2D eigenvalue weighted by Crippen LogP contribution is -2.49. The van der Waals surface area contributed by atoms with Crippen molar-refractivity contribution in [1.82, 2.24) is 14.9 Å². The first-order chi connectivity index (χ1) is 9.18. The van der Waals surface area contributed by atoms with Crippen LogP contribution in [0, 0.1) is 0 Å². The van der Waals surface area contributed by atoms with Gasteiger partial charge in [-0.3, -0.25) is 0 Å². The van der Waals surface area contributed by atoms with E-state index in [0.717, 1.165) is 23.7 Å². The molecule has 2 aromatic rings. The molecule has 4 nitrogen and oxygen atoms in total. The van der Waals surface area contributed by atoms with E-state index in [1.807, 2.05) is 25.4 Å². The summed E-state index contributed by atoms with van der Waals surface area (Å²) in [5.41, 5.74) is -0.317. The van der Waals surface area contributed by atoms with Gasteiger partial charge in [-0.1, -0.05) is 13.0 Å². The molecule has 2 rings (SSSR count). The van der Waals surface area contributed by atoms with Gasteiger partial charge < -0.3 is 15.0 Å². The van der Waals surface area contributed by atoms with Crippen molar-refractivity contribution in [2.75, 3.05) is 13.2 Å². The Kier molecular flexibility index (Phi) is 4.74. The molecule has 0 fully saturated rings. The second-order valence-corrected chi connectivity index (χ2v) is 5.95. The third kappa shape index (κ3) is 3.43. The molecule has 19 heavy (non-hydrogen) atoms. The van der Waals surface area contributed by atoms with E-state index in [1.165, 1.54) is 0 Å². The molecule has 1 unspecified atom stereocenters. The van der Waals surface area contributed by atoms with Crippen LogP contribution < -0.4 is 5.32 Å². The summed E-state index contributed by atoms with van der Waals surface area (Å²) in [6.07, 6.45) is 4.83. The number of aromatic nitrogens is 2. The Labute approximate surface area is 118 Å². The smallest absolute Gasteiger partial charge is 0.150 e. The zero-order valence-electron chi connectivity index (χ0n) is 11.5. The molecule has 0 aliphatic rings. The number of rotatable bonds is 7. The molecule has 1 atom stereocenters. The van der Waals surface area contributed by atoms with E-state index < -0.39 is 0 Å². The first-order valence-electron chi connectivity index (χ1n) is 6.59. The average molecular weight is 279 g/mol. The molecule has 0 saturated heterocycles. The highest BCUT2D eigenvalue weighted by Gasteiger charge is 2.24. The van der Waals surface area contributed by atoms with E-state index in [1.54, 1.807) is 11.3 Å². The van der Waals surface area contributed by atoms with Crippen molar-refractivity contribution < 1.29 is 5.11 Å². The van der Waals surface area contributed by atoms with Gasteiger partial charge in [0.25, 0.3) is 0 Å². The minimum Gasteiger partial charge on any atom is -0.394 e. The molecule has 0 radical (unpaired) electrons. The SMILES string of the molecule is CCCNC(C)(CO)Cn1ccnc1-c1cccs1. The number of hydrogen-bond acceptors (Lipinski definition) is 4. The first-order valence-corrected chi connectivity index (χ1v) is 7.47. The highest BCUT2D eigenvalue weighted by Crippen LogP contribution is 2.24. The lowest BCUT2D eigenvalue weighted by molar-refractivity contribution is 0.158. The van der Waals surface area contributed by atoms with Gasteiger partial charge >= 0.3 is 0 Å². The molecule has 0 bridgehead atoms. The Morgan fingerprint density at radius 3 is 3.00 bits per heavy atom. The number of aliphatic hydroxyl groups excluding tert-OH is 1. The van der Waals surface area contributed by atoms with Gasteiger partial charge in [0.1, 0.15) is 5.82 Å². The van der Waals surface area contributed by atoms with Crippen LogP contribution in [0.1, 0.15) is 20.3 Å². The predicted octanol–water partition coefficient (Wildman–Crippen LogP) is 2.36. The summed E-state index contributed by atoms with van der Waals surface area (Å²) < 4.78 is 2.10. The number of nitrogens with one attached hydrogen (secondary N) is 1. The quantitative estimate of drug-likeness (QED) is 0.818. The maximum absolute atomic E-state index is 9.64. The van der Waals surface area contributed by atoms with Gasteiger partial charge in [-0.2, -0.15) is 0 Å². The Morgan fingerprint density at radius 1 is 1.53 bits per heavy atom. The lowest BCUT2D eigenvalue weighted by atomic mass is 10.0. The summed E-state index contributed by atoms with van der Waals surface area (Å²) in [6.45, 7) is 5.88. The number of aliphatic hydroxyl groups is 1. The van der Waals surface area contributed by atoms with Crippen molar-refractivity contribution in [3.8, 4) is 10.7 Å². The van der Waals surface area contributed by atoms with Crippen LogP contribution in [0.25, 0.3) is 10.7 Å². The van der Waals surface area contributed by atoms with Crippen LogP contribution in [0.15, 0.2) is 29.9 Å². The largest absolute Gasteiger partial charge is 0.394 e. The van der Waals surface area contributed by atoms with Crippen molar-refractivity contribution in [1.29, 1.82) is 0 Å². The van der Waals surface area contributed by atoms with E-state index in [4.69, 9.17) is 0 Å². The number of hydrogen-bond donors (Lipinski definition) is 2. The lowest BCUT2D eigenvalue weighted by Gasteiger charge is -2.29. The minimum atomic E-state index is -0.317. The van der Waals surface area contributed by atoms with Gasteiger partial charge in [-0.05, 0) is 31.3 Å². The molecule has 0 amide bonds. The normalized spacial score (nSPS) is 14.5. The van der Waals surface area contributed by atoms with E-state index in [0.29, 0.717) is 6.54 Å². The fourth-order valence-corrected chi connectivity index (χ4v) is 2.77. The van der Waals surface area contributed by atoms with Crippen LogP contribution in [0.3, 0.4) is 0 Å². The molecule has 2 heterocycles. The Balaban J connectivity index is 2.16. The molecule has 104 valence electrons. The predicted molar refractivity (Wildman–Crippen MR) is 79.3 cm³/mol.